The van der Waals surface area contributed by atoms with Crippen LogP contribution >= 0.6 is 0 Å². The summed E-state index contributed by atoms with van der Waals surface area (Å²) in [4.78, 5) is 12.6. The van der Waals surface area contributed by atoms with Gasteiger partial charge in [-0.2, -0.15) is 0 Å². The van der Waals surface area contributed by atoms with E-state index in [9.17, 15) is 4.79 Å². The molecule has 1 aromatic rings. The molecular formula is C18H25NO2. The quantitative estimate of drug-likeness (QED) is 0.810. The number of carbonyl (C=O) groups excluding carboxylic acids is 1. The zero-order chi connectivity index (χ0) is 14.7. The Labute approximate surface area is 127 Å². The summed E-state index contributed by atoms with van der Waals surface area (Å²) < 4.78 is 5.79. The molecule has 0 aromatic heterocycles. The standard InChI is InChI=1S/C18H25NO2/c1-19-18(10-3-2-4-11-18)13-17(20)14-6-5-7-16(12-14)21-15-8-9-15/h5-7,12,15,19H,2-4,8-11,13H2,1H3. The molecule has 0 heterocycles. The van der Waals surface area contributed by atoms with E-state index in [0.29, 0.717) is 12.5 Å². The van der Waals surface area contributed by atoms with Crippen molar-refractivity contribution in [1.82, 2.24) is 5.32 Å². The van der Waals surface area contributed by atoms with Gasteiger partial charge in [0.05, 0.1) is 6.10 Å². The summed E-state index contributed by atoms with van der Waals surface area (Å²) >= 11 is 0. The number of nitrogens with one attached hydrogen (secondary N) is 1. The van der Waals surface area contributed by atoms with E-state index < -0.39 is 0 Å². The maximum absolute atomic E-state index is 12.6. The summed E-state index contributed by atoms with van der Waals surface area (Å²) in [5.41, 5.74) is 0.788. The topological polar surface area (TPSA) is 38.3 Å². The monoisotopic (exact) mass is 287 g/mol. The lowest BCUT2D eigenvalue weighted by Crippen LogP contribution is -2.46. The van der Waals surface area contributed by atoms with Gasteiger partial charge in [0, 0.05) is 17.5 Å². The summed E-state index contributed by atoms with van der Waals surface area (Å²) in [6, 6.07) is 7.70. The van der Waals surface area contributed by atoms with Gasteiger partial charge in [0.1, 0.15) is 5.75 Å². The summed E-state index contributed by atoms with van der Waals surface area (Å²) in [6.45, 7) is 0. The molecule has 3 nitrogen and oxygen atoms in total. The molecule has 21 heavy (non-hydrogen) atoms. The van der Waals surface area contributed by atoms with Crippen molar-refractivity contribution >= 4 is 5.78 Å². The Morgan fingerprint density at radius 3 is 2.71 bits per heavy atom. The maximum Gasteiger partial charge on any atom is 0.164 e. The minimum absolute atomic E-state index is 0.00267. The number of benzene rings is 1. The molecule has 2 aliphatic carbocycles. The summed E-state index contributed by atoms with van der Waals surface area (Å²) in [7, 11) is 1.99. The Kier molecular flexibility index (Phi) is 4.29. The number of ketones is 1. The molecule has 0 amide bonds. The average molecular weight is 287 g/mol. The second-order valence-electron chi connectivity index (χ2n) is 6.54. The molecule has 2 aliphatic rings. The Hall–Kier alpha value is -1.35. The second-order valence-corrected chi connectivity index (χ2v) is 6.54. The SMILES string of the molecule is CNC1(CC(=O)c2cccc(OC3CC3)c2)CCCCC1. The van der Waals surface area contributed by atoms with Crippen LogP contribution in [0.5, 0.6) is 5.75 Å². The first-order valence-corrected chi connectivity index (χ1v) is 8.20. The second kappa shape index (κ2) is 6.18. The van der Waals surface area contributed by atoms with Crippen molar-refractivity contribution in [2.45, 2.75) is 63.0 Å². The van der Waals surface area contributed by atoms with Gasteiger partial charge in [0.2, 0.25) is 0 Å². The molecule has 0 radical (unpaired) electrons. The summed E-state index contributed by atoms with van der Waals surface area (Å²) in [5, 5.41) is 3.42. The van der Waals surface area contributed by atoms with Crippen LogP contribution in [0.3, 0.4) is 0 Å². The molecular weight excluding hydrogens is 262 g/mol. The zero-order valence-corrected chi connectivity index (χ0v) is 12.9. The van der Waals surface area contributed by atoms with Crippen LogP contribution in [0.15, 0.2) is 24.3 Å². The van der Waals surface area contributed by atoms with Crippen LogP contribution in [0.4, 0.5) is 0 Å². The Balaban J connectivity index is 1.68. The van der Waals surface area contributed by atoms with Gasteiger partial charge < -0.3 is 10.1 Å². The number of ether oxygens (including phenoxy) is 1. The van der Waals surface area contributed by atoms with Crippen molar-refractivity contribution in [3.63, 3.8) is 0 Å². The molecule has 1 N–H and O–H groups in total. The molecule has 114 valence electrons. The predicted octanol–water partition coefficient (Wildman–Crippen LogP) is 3.72. The van der Waals surface area contributed by atoms with Crippen LogP contribution in [0.1, 0.15) is 61.7 Å². The first-order chi connectivity index (χ1) is 10.2. The van der Waals surface area contributed by atoms with E-state index in [1.165, 1.54) is 19.3 Å². The number of rotatable bonds is 6. The number of carbonyl (C=O) groups is 1. The molecule has 0 saturated heterocycles. The number of hydrogen-bond donors (Lipinski definition) is 1. The number of hydrogen-bond acceptors (Lipinski definition) is 3. The van der Waals surface area contributed by atoms with Crippen molar-refractivity contribution in [2.75, 3.05) is 7.05 Å². The molecule has 0 bridgehead atoms. The molecule has 2 saturated carbocycles. The fourth-order valence-electron chi connectivity index (χ4n) is 3.27. The van der Waals surface area contributed by atoms with Crippen LogP contribution in [0.2, 0.25) is 0 Å². The normalized spacial score (nSPS) is 21.0. The minimum atomic E-state index is 0.00267. The predicted molar refractivity (Wildman–Crippen MR) is 83.9 cm³/mol. The van der Waals surface area contributed by atoms with E-state index >= 15 is 0 Å². The van der Waals surface area contributed by atoms with Gasteiger partial charge in [-0.3, -0.25) is 4.79 Å². The van der Waals surface area contributed by atoms with Crippen molar-refractivity contribution in [1.29, 1.82) is 0 Å². The summed E-state index contributed by atoms with van der Waals surface area (Å²) in [5.74, 6) is 1.07. The Morgan fingerprint density at radius 1 is 1.29 bits per heavy atom. The van der Waals surface area contributed by atoms with Gasteiger partial charge in [0.25, 0.3) is 0 Å². The van der Waals surface area contributed by atoms with Crippen molar-refractivity contribution in [3.05, 3.63) is 29.8 Å². The van der Waals surface area contributed by atoms with E-state index in [2.05, 4.69) is 5.32 Å². The van der Waals surface area contributed by atoms with Crippen molar-refractivity contribution in [2.24, 2.45) is 0 Å². The molecule has 3 rings (SSSR count). The van der Waals surface area contributed by atoms with E-state index in [1.54, 1.807) is 0 Å². The van der Waals surface area contributed by atoms with Crippen molar-refractivity contribution in [3.8, 4) is 5.75 Å². The van der Waals surface area contributed by atoms with Crippen LogP contribution in [0.25, 0.3) is 0 Å². The van der Waals surface area contributed by atoms with Gasteiger partial charge in [-0.25, -0.2) is 0 Å². The third-order valence-corrected chi connectivity index (χ3v) is 4.82. The van der Waals surface area contributed by atoms with Gasteiger partial charge in [-0.1, -0.05) is 31.4 Å². The van der Waals surface area contributed by atoms with Crippen LogP contribution in [0, 0.1) is 0 Å². The van der Waals surface area contributed by atoms with Gasteiger partial charge in [-0.05, 0) is 44.9 Å². The highest BCUT2D eigenvalue weighted by Gasteiger charge is 2.33. The van der Waals surface area contributed by atoms with Gasteiger partial charge in [0.15, 0.2) is 5.78 Å². The highest BCUT2D eigenvalue weighted by molar-refractivity contribution is 5.97. The first kappa shape index (κ1) is 14.6. The molecule has 0 aliphatic heterocycles. The van der Waals surface area contributed by atoms with Gasteiger partial charge >= 0.3 is 0 Å². The molecule has 0 atom stereocenters. The van der Waals surface area contributed by atoms with Crippen LogP contribution in [-0.4, -0.2) is 24.5 Å². The zero-order valence-electron chi connectivity index (χ0n) is 12.9. The first-order valence-electron chi connectivity index (χ1n) is 8.20. The van der Waals surface area contributed by atoms with E-state index in [4.69, 9.17) is 4.74 Å². The molecule has 3 heteroatoms. The Morgan fingerprint density at radius 2 is 2.05 bits per heavy atom. The van der Waals surface area contributed by atoms with Crippen LogP contribution in [-0.2, 0) is 0 Å². The van der Waals surface area contributed by atoms with E-state index in [1.807, 2.05) is 31.3 Å². The molecule has 1 aromatic carbocycles. The highest BCUT2D eigenvalue weighted by Crippen LogP contribution is 2.32. The highest BCUT2D eigenvalue weighted by atomic mass is 16.5. The molecule has 0 spiro atoms. The molecule has 0 unspecified atom stereocenters. The smallest absolute Gasteiger partial charge is 0.164 e. The maximum atomic E-state index is 12.6. The number of Topliss-reactive ketones (excluding diaryl/α,β-unsaturated/α-hetero) is 1. The minimum Gasteiger partial charge on any atom is -0.490 e. The third-order valence-electron chi connectivity index (χ3n) is 4.82. The fourth-order valence-corrected chi connectivity index (χ4v) is 3.27. The third kappa shape index (κ3) is 3.65. The fraction of sp³-hybridized carbons (Fsp3) is 0.611. The summed E-state index contributed by atoms with van der Waals surface area (Å²) in [6.07, 6.45) is 9.19. The van der Waals surface area contributed by atoms with E-state index in [0.717, 1.165) is 37.0 Å². The van der Waals surface area contributed by atoms with Crippen molar-refractivity contribution < 1.29 is 9.53 Å². The van der Waals surface area contributed by atoms with E-state index in [-0.39, 0.29) is 11.3 Å². The Bertz CT molecular complexity index is 502. The average Bonchev–Trinajstić information content (AvgIpc) is 3.32. The lowest BCUT2D eigenvalue weighted by atomic mass is 9.77. The lowest BCUT2D eigenvalue weighted by molar-refractivity contribution is 0.0914. The van der Waals surface area contributed by atoms with Crippen LogP contribution < -0.4 is 10.1 Å². The molecule has 2 fully saturated rings. The largest absolute Gasteiger partial charge is 0.490 e. The van der Waals surface area contributed by atoms with Gasteiger partial charge in [-0.15, -0.1) is 0 Å². The lowest BCUT2D eigenvalue weighted by Gasteiger charge is -2.36.